The van der Waals surface area contributed by atoms with Gasteiger partial charge in [0.1, 0.15) is 0 Å². The van der Waals surface area contributed by atoms with E-state index in [9.17, 15) is 4.79 Å². The predicted molar refractivity (Wildman–Crippen MR) is 83.4 cm³/mol. The van der Waals surface area contributed by atoms with E-state index in [1.165, 1.54) is 0 Å². The maximum absolute atomic E-state index is 12.3. The molecule has 0 atom stereocenters. The van der Waals surface area contributed by atoms with Crippen molar-refractivity contribution in [1.29, 1.82) is 0 Å². The van der Waals surface area contributed by atoms with E-state index in [2.05, 4.69) is 10.7 Å². The average molecular weight is 310 g/mol. The van der Waals surface area contributed by atoms with Gasteiger partial charge in [-0.05, 0) is 36.8 Å². The van der Waals surface area contributed by atoms with Gasteiger partial charge in [-0.3, -0.25) is 10.6 Å². The lowest BCUT2D eigenvalue weighted by Crippen LogP contribution is -2.17. The first-order valence-corrected chi connectivity index (χ1v) is 6.61. The van der Waals surface area contributed by atoms with Crippen molar-refractivity contribution in [3.8, 4) is 0 Å². The van der Waals surface area contributed by atoms with Gasteiger partial charge >= 0.3 is 0 Å². The van der Waals surface area contributed by atoms with Crippen LogP contribution in [0.4, 0.5) is 11.4 Å². The van der Waals surface area contributed by atoms with Crippen LogP contribution < -0.4 is 16.6 Å². The molecule has 0 saturated carbocycles. The molecular weight excluding hydrogens is 297 g/mol. The molecule has 0 unspecified atom stereocenters. The molecule has 104 valence electrons. The van der Waals surface area contributed by atoms with Crippen LogP contribution in [0.15, 0.2) is 36.4 Å². The molecule has 0 radical (unpaired) electrons. The molecule has 4 nitrogen and oxygen atoms in total. The van der Waals surface area contributed by atoms with Gasteiger partial charge in [0, 0.05) is 0 Å². The fourth-order valence-electron chi connectivity index (χ4n) is 1.77. The van der Waals surface area contributed by atoms with Crippen molar-refractivity contribution in [2.45, 2.75) is 6.92 Å². The maximum Gasteiger partial charge on any atom is 0.257 e. The summed E-state index contributed by atoms with van der Waals surface area (Å²) in [5.74, 6) is 5.11. The Hall–Kier alpha value is -1.75. The van der Waals surface area contributed by atoms with Crippen molar-refractivity contribution < 1.29 is 4.79 Å². The average Bonchev–Trinajstić information content (AvgIpc) is 2.43. The molecule has 0 saturated heterocycles. The third kappa shape index (κ3) is 3.04. The van der Waals surface area contributed by atoms with Crippen LogP contribution in [-0.4, -0.2) is 5.91 Å². The molecule has 0 aliphatic carbocycles. The zero-order valence-corrected chi connectivity index (χ0v) is 12.2. The van der Waals surface area contributed by atoms with Crippen LogP contribution in [0.2, 0.25) is 10.0 Å². The molecule has 0 spiro atoms. The molecule has 0 bridgehead atoms. The van der Waals surface area contributed by atoms with E-state index in [0.29, 0.717) is 27.0 Å². The fourth-order valence-corrected chi connectivity index (χ4v) is 2.11. The van der Waals surface area contributed by atoms with Crippen molar-refractivity contribution in [3.05, 3.63) is 57.6 Å². The molecule has 2 aromatic rings. The molecular formula is C14H13Cl2N3O. The third-order valence-electron chi connectivity index (χ3n) is 2.77. The number of rotatable bonds is 3. The zero-order valence-electron chi connectivity index (χ0n) is 10.7. The molecule has 0 fully saturated rings. The number of carbonyl (C=O) groups is 1. The van der Waals surface area contributed by atoms with E-state index in [1.807, 2.05) is 13.0 Å². The number of aryl methyl sites for hydroxylation is 1. The molecule has 2 rings (SSSR count). The highest BCUT2D eigenvalue weighted by Crippen LogP contribution is 2.30. The highest BCUT2D eigenvalue weighted by Gasteiger charge is 2.13. The SMILES string of the molecule is Cc1ccc(C(=O)Nc2cccc(Cl)c2Cl)c(NN)c1. The first-order chi connectivity index (χ1) is 9.52. The minimum absolute atomic E-state index is 0.303. The summed E-state index contributed by atoms with van der Waals surface area (Å²) in [5, 5.41) is 3.39. The lowest BCUT2D eigenvalue weighted by Gasteiger charge is -2.12. The highest BCUT2D eigenvalue weighted by atomic mass is 35.5. The van der Waals surface area contributed by atoms with Gasteiger partial charge in [-0.15, -0.1) is 0 Å². The van der Waals surface area contributed by atoms with Gasteiger partial charge in [-0.2, -0.15) is 0 Å². The zero-order chi connectivity index (χ0) is 14.7. The Labute approximate surface area is 126 Å². The first kappa shape index (κ1) is 14.7. The summed E-state index contributed by atoms with van der Waals surface area (Å²) >= 11 is 11.9. The minimum Gasteiger partial charge on any atom is -0.323 e. The smallest absolute Gasteiger partial charge is 0.257 e. The third-order valence-corrected chi connectivity index (χ3v) is 3.59. The Morgan fingerprint density at radius 3 is 2.60 bits per heavy atom. The molecule has 2 aromatic carbocycles. The summed E-state index contributed by atoms with van der Waals surface area (Å²) in [7, 11) is 0. The number of anilines is 2. The molecule has 0 aromatic heterocycles. The normalized spacial score (nSPS) is 10.2. The predicted octanol–water partition coefficient (Wildman–Crippen LogP) is 3.84. The van der Waals surface area contributed by atoms with Crippen LogP contribution in [0.5, 0.6) is 0 Å². The number of hydrogen-bond donors (Lipinski definition) is 3. The van der Waals surface area contributed by atoms with Crippen LogP contribution in [0, 0.1) is 6.92 Å². The summed E-state index contributed by atoms with van der Waals surface area (Å²) in [5.41, 5.74) is 4.92. The Kier molecular flexibility index (Phi) is 4.49. The number of benzene rings is 2. The summed E-state index contributed by atoms with van der Waals surface area (Å²) in [6.45, 7) is 1.91. The molecule has 1 amide bonds. The van der Waals surface area contributed by atoms with Gasteiger partial charge in [0.15, 0.2) is 0 Å². The largest absolute Gasteiger partial charge is 0.323 e. The number of carbonyl (C=O) groups excluding carboxylic acids is 1. The molecule has 4 N–H and O–H groups in total. The number of nitrogen functional groups attached to an aromatic ring is 1. The van der Waals surface area contributed by atoms with E-state index in [-0.39, 0.29) is 5.91 Å². The van der Waals surface area contributed by atoms with Crippen molar-refractivity contribution in [1.82, 2.24) is 0 Å². The van der Waals surface area contributed by atoms with Gasteiger partial charge in [0.05, 0.1) is 27.0 Å². The quantitative estimate of drug-likeness (QED) is 0.596. The molecule has 0 aliphatic rings. The molecule has 0 aliphatic heterocycles. The number of nitrogens with one attached hydrogen (secondary N) is 2. The Balaban J connectivity index is 2.31. The van der Waals surface area contributed by atoms with E-state index < -0.39 is 0 Å². The monoisotopic (exact) mass is 309 g/mol. The van der Waals surface area contributed by atoms with Crippen molar-refractivity contribution in [2.24, 2.45) is 5.84 Å². The van der Waals surface area contributed by atoms with E-state index in [4.69, 9.17) is 29.0 Å². The topological polar surface area (TPSA) is 67.2 Å². The summed E-state index contributed by atoms with van der Waals surface area (Å²) in [6, 6.07) is 10.3. The Morgan fingerprint density at radius 2 is 1.90 bits per heavy atom. The van der Waals surface area contributed by atoms with Crippen molar-refractivity contribution in [2.75, 3.05) is 10.7 Å². The second-order valence-electron chi connectivity index (χ2n) is 4.25. The van der Waals surface area contributed by atoms with Gasteiger partial charge in [0.25, 0.3) is 5.91 Å². The van der Waals surface area contributed by atoms with Gasteiger partial charge in [-0.1, -0.05) is 35.3 Å². The van der Waals surface area contributed by atoms with Crippen LogP contribution in [0.3, 0.4) is 0 Å². The number of nitrogens with two attached hydrogens (primary N) is 1. The second kappa shape index (κ2) is 6.13. The van der Waals surface area contributed by atoms with Crippen molar-refractivity contribution in [3.63, 3.8) is 0 Å². The highest BCUT2D eigenvalue weighted by molar-refractivity contribution is 6.44. The van der Waals surface area contributed by atoms with E-state index in [1.54, 1.807) is 30.3 Å². The molecule has 6 heteroatoms. The number of halogens is 2. The number of amides is 1. The van der Waals surface area contributed by atoms with E-state index >= 15 is 0 Å². The van der Waals surface area contributed by atoms with E-state index in [0.717, 1.165) is 5.56 Å². The number of hydrogen-bond acceptors (Lipinski definition) is 3. The van der Waals surface area contributed by atoms with Crippen LogP contribution >= 0.6 is 23.2 Å². The molecule has 20 heavy (non-hydrogen) atoms. The lowest BCUT2D eigenvalue weighted by atomic mass is 10.1. The van der Waals surface area contributed by atoms with Gasteiger partial charge < -0.3 is 10.7 Å². The second-order valence-corrected chi connectivity index (χ2v) is 5.03. The maximum atomic E-state index is 12.3. The van der Waals surface area contributed by atoms with Crippen molar-refractivity contribution >= 4 is 40.5 Å². The minimum atomic E-state index is -0.317. The first-order valence-electron chi connectivity index (χ1n) is 5.85. The van der Waals surface area contributed by atoms with Gasteiger partial charge in [0.2, 0.25) is 0 Å². The fraction of sp³-hybridized carbons (Fsp3) is 0.0714. The summed E-state index contributed by atoms with van der Waals surface area (Å²) in [6.07, 6.45) is 0. The number of hydrazine groups is 1. The standard InChI is InChI=1S/C14H13Cl2N3O/c1-8-5-6-9(12(7-8)19-17)14(20)18-11-4-2-3-10(15)13(11)16/h2-7,19H,17H2,1H3,(H,18,20). The molecule has 0 heterocycles. The Bertz CT molecular complexity index is 659. The Morgan fingerprint density at radius 1 is 1.15 bits per heavy atom. The lowest BCUT2D eigenvalue weighted by molar-refractivity contribution is 0.102. The summed E-state index contributed by atoms with van der Waals surface area (Å²) < 4.78 is 0. The van der Waals surface area contributed by atoms with Crippen LogP contribution in [-0.2, 0) is 0 Å². The van der Waals surface area contributed by atoms with Crippen LogP contribution in [0.25, 0.3) is 0 Å². The summed E-state index contributed by atoms with van der Waals surface area (Å²) in [4.78, 5) is 12.3. The van der Waals surface area contributed by atoms with Gasteiger partial charge in [-0.25, -0.2) is 0 Å². The van der Waals surface area contributed by atoms with Crippen LogP contribution in [0.1, 0.15) is 15.9 Å².